The number of hydrogen-bond acceptors (Lipinski definition) is 2. The van der Waals surface area contributed by atoms with Crippen LogP contribution in [0.25, 0.3) is 0 Å². The van der Waals surface area contributed by atoms with Gasteiger partial charge in [-0.25, -0.2) is 4.39 Å². The highest BCUT2D eigenvalue weighted by molar-refractivity contribution is 5.84. The van der Waals surface area contributed by atoms with E-state index in [0.717, 1.165) is 18.4 Å². The van der Waals surface area contributed by atoms with Crippen molar-refractivity contribution in [3.8, 4) is 0 Å². The molecule has 1 amide bonds. The molecular weight excluding hydrogens is 291 g/mol. The highest BCUT2D eigenvalue weighted by atomic mass is 19.1. The van der Waals surface area contributed by atoms with Crippen molar-refractivity contribution >= 4 is 5.91 Å². The van der Waals surface area contributed by atoms with E-state index in [1.165, 1.54) is 12.1 Å². The number of halogens is 1. The van der Waals surface area contributed by atoms with Crippen LogP contribution in [0.5, 0.6) is 0 Å². The summed E-state index contributed by atoms with van der Waals surface area (Å²) in [6.07, 6.45) is 1.87. The first-order chi connectivity index (χ1) is 11.0. The van der Waals surface area contributed by atoms with Crippen LogP contribution in [-0.4, -0.2) is 24.9 Å². The summed E-state index contributed by atoms with van der Waals surface area (Å²) in [5.74, 6) is -0.423. The Kier molecular flexibility index (Phi) is 4.18. The Bertz CT molecular complexity index is 696. The van der Waals surface area contributed by atoms with E-state index in [-0.39, 0.29) is 17.3 Å². The number of amides is 1. The third kappa shape index (κ3) is 3.27. The molecule has 0 saturated heterocycles. The number of nitrogens with zero attached hydrogens (tertiary/aromatic N) is 1. The van der Waals surface area contributed by atoms with Crippen molar-refractivity contribution in [1.29, 1.82) is 0 Å². The van der Waals surface area contributed by atoms with Gasteiger partial charge in [0.15, 0.2) is 0 Å². The molecule has 0 heterocycles. The van der Waals surface area contributed by atoms with Gasteiger partial charge in [0.1, 0.15) is 11.9 Å². The van der Waals surface area contributed by atoms with Gasteiger partial charge in [0, 0.05) is 0 Å². The lowest BCUT2D eigenvalue weighted by atomic mass is 10.0. The molecule has 3 nitrogen and oxygen atoms in total. The van der Waals surface area contributed by atoms with Crippen molar-refractivity contribution < 1.29 is 9.18 Å². The van der Waals surface area contributed by atoms with Crippen molar-refractivity contribution in [3.05, 3.63) is 71.5 Å². The van der Waals surface area contributed by atoms with Gasteiger partial charge in [-0.1, -0.05) is 42.5 Å². The summed E-state index contributed by atoms with van der Waals surface area (Å²) < 4.78 is 13.5. The standard InChI is InChI=1S/C19H21FN2O/c1-22(2)17(14-7-6-10-16(20)13-14)18(23)21-19(11-12-19)15-8-4-3-5-9-15/h3-10,13,17H,11-12H2,1-2H3,(H,21,23)/t17-/m1/s1. The molecule has 0 radical (unpaired) electrons. The fourth-order valence-corrected chi connectivity index (χ4v) is 3.03. The lowest BCUT2D eigenvalue weighted by Crippen LogP contribution is -2.42. The van der Waals surface area contributed by atoms with E-state index >= 15 is 0 Å². The van der Waals surface area contributed by atoms with Gasteiger partial charge >= 0.3 is 0 Å². The molecule has 0 aliphatic heterocycles. The number of hydrogen-bond donors (Lipinski definition) is 1. The Morgan fingerprint density at radius 2 is 1.83 bits per heavy atom. The third-order valence-corrected chi connectivity index (χ3v) is 4.37. The lowest BCUT2D eigenvalue weighted by Gasteiger charge is -2.27. The van der Waals surface area contributed by atoms with Crippen LogP contribution in [0, 0.1) is 5.82 Å². The Labute approximate surface area is 136 Å². The Balaban J connectivity index is 1.83. The predicted molar refractivity (Wildman–Crippen MR) is 88.3 cm³/mol. The minimum absolute atomic E-state index is 0.0954. The second-order valence-electron chi connectivity index (χ2n) is 6.36. The second kappa shape index (κ2) is 6.13. The third-order valence-electron chi connectivity index (χ3n) is 4.37. The summed E-state index contributed by atoms with van der Waals surface area (Å²) in [7, 11) is 3.66. The van der Waals surface area contributed by atoms with Gasteiger partial charge in [-0.2, -0.15) is 0 Å². The molecule has 120 valence electrons. The van der Waals surface area contributed by atoms with Crippen LogP contribution in [0.2, 0.25) is 0 Å². The van der Waals surface area contributed by atoms with Crippen molar-refractivity contribution in [2.45, 2.75) is 24.4 Å². The first-order valence-electron chi connectivity index (χ1n) is 7.81. The predicted octanol–water partition coefficient (Wildman–Crippen LogP) is 3.23. The Morgan fingerprint density at radius 1 is 1.13 bits per heavy atom. The summed E-state index contributed by atoms with van der Waals surface area (Å²) in [6, 6.07) is 15.7. The molecule has 1 aliphatic carbocycles. The summed E-state index contributed by atoms with van der Waals surface area (Å²) in [4.78, 5) is 14.7. The normalized spacial score (nSPS) is 16.9. The monoisotopic (exact) mass is 312 g/mol. The van der Waals surface area contributed by atoms with E-state index < -0.39 is 6.04 Å². The van der Waals surface area contributed by atoms with Crippen LogP contribution >= 0.6 is 0 Å². The molecule has 4 heteroatoms. The minimum atomic E-state index is -0.508. The zero-order valence-electron chi connectivity index (χ0n) is 13.4. The van der Waals surface area contributed by atoms with Crippen LogP contribution in [-0.2, 0) is 10.3 Å². The summed E-state index contributed by atoms with van der Waals surface area (Å²) in [5, 5.41) is 3.18. The molecule has 2 aromatic carbocycles. The molecule has 0 aromatic heterocycles. The Hall–Kier alpha value is -2.20. The Morgan fingerprint density at radius 3 is 2.39 bits per heavy atom. The van der Waals surface area contributed by atoms with E-state index in [2.05, 4.69) is 5.32 Å². The molecule has 0 spiro atoms. The number of benzene rings is 2. The summed E-state index contributed by atoms with van der Waals surface area (Å²) >= 11 is 0. The summed E-state index contributed by atoms with van der Waals surface area (Å²) in [6.45, 7) is 0. The van der Waals surface area contributed by atoms with Gasteiger partial charge in [0.2, 0.25) is 5.91 Å². The molecule has 1 fully saturated rings. The first kappa shape index (κ1) is 15.7. The highest BCUT2D eigenvalue weighted by Crippen LogP contribution is 2.45. The van der Waals surface area contributed by atoms with Gasteiger partial charge in [-0.3, -0.25) is 9.69 Å². The van der Waals surface area contributed by atoms with E-state index in [1.54, 1.807) is 12.1 Å². The van der Waals surface area contributed by atoms with Gasteiger partial charge in [-0.15, -0.1) is 0 Å². The van der Waals surface area contributed by atoms with Gasteiger partial charge in [0.25, 0.3) is 0 Å². The maximum absolute atomic E-state index is 13.5. The van der Waals surface area contributed by atoms with E-state index in [0.29, 0.717) is 5.56 Å². The SMILES string of the molecule is CN(C)[C@@H](C(=O)NC1(c2ccccc2)CC1)c1cccc(F)c1. The smallest absolute Gasteiger partial charge is 0.242 e. The van der Waals surface area contributed by atoms with Crippen LogP contribution in [0.4, 0.5) is 4.39 Å². The molecule has 1 atom stereocenters. The molecule has 0 bridgehead atoms. The van der Waals surface area contributed by atoms with Crippen LogP contribution in [0.3, 0.4) is 0 Å². The topological polar surface area (TPSA) is 32.3 Å². The van der Waals surface area contributed by atoms with Crippen molar-refractivity contribution in [2.75, 3.05) is 14.1 Å². The zero-order valence-corrected chi connectivity index (χ0v) is 13.4. The number of likely N-dealkylation sites (N-methyl/N-ethyl adjacent to an activating group) is 1. The van der Waals surface area contributed by atoms with Crippen LogP contribution in [0.15, 0.2) is 54.6 Å². The van der Waals surface area contributed by atoms with Crippen molar-refractivity contribution in [2.24, 2.45) is 0 Å². The molecule has 0 unspecified atom stereocenters. The average Bonchev–Trinajstić information content (AvgIpc) is 3.29. The van der Waals surface area contributed by atoms with E-state index in [4.69, 9.17) is 0 Å². The molecular formula is C19H21FN2O. The lowest BCUT2D eigenvalue weighted by molar-refractivity contribution is -0.126. The molecule has 1 N–H and O–H groups in total. The fourth-order valence-electron chi connectivity index (χ4n) is 3.03. The molecule has 23 heavy (non-hydrogen) atoms. The maximum Gasteiger partial charge on any atom is 0.242 e. The van der Waals surface area contributed by atoms with E-state index in [1.807, 2.05) is 49.3 Å². The molecule has 1 saturated carbocycles. The van der Waals surface area contributed by atoms with Gasteiger partial charge in [0.05, 0.1) is 5.54 Å². The van der Waals surface area contributed by atoms with Crippen molar-refractivity contribution in [1.82, 2.24) is 10.2 Å². The number of carbonyl (C=O) groups excluding carboxylic acids is 1. The number of carbonyl (C=O) groups is 1. The van der Waals surface area contributed by atoms with Crippen LogP contribution < -0.4 is 5.32 Å². The first-order valence-corrected chi connectivity index (χ1v) is 7.81. The van der Waals surface area contributed by atoms with Gasteiger partial charge < -0.3 is 5.32 Å². The molecule has 2 aromatic rings. The average molecular weight is 312 g/mol. The zero-order chi connectivity index (χ0) is 16.4. The van der Waals surface area contributed by atoms with Crippen LogP contribution in [0.1, 0.15) is 30.0 Å². The highest BCUT2D eigenvalue weighted by Gasteiger charge is 2.46. The fraction of sp³-hybridized carbons (Fsp3) is 0.316. The number of rotatable bonds is 5. The summed E-state index contributed by atoms with van der Waals surface area (Å²) in [5.41, 5.74) is 1.53. The quantitative estimate of drug-likeness (QED) is 0.919. The van der Waals surface area contributed by atoms with Gasteiger partial charge in [-0.05, 0) is 50.2 Å². The second-order valence-corrected chi connectivity index (χ2v) is 6.36. The molecule has 3 rings (SSSR count). The minimum Gasteiger partial charge on any atom is -0.345 e. The maximum atomic E-state index is 13.5. The molecule has 1 aliphatic rings. The largest absolute Gasteiger partial charge is 0.345 e. The van der Waals surface area contributed by atoms with E-state index in [9.17, 15) is 9.18 Å². The van der Waals surface area contributed by atoms with Crippen molar-refractivity contribution in [3.63, 3.8) is 0 Å². The number of nitrogens with one attached hydrogen (secondary N) is 1.